The monoisotopic (exact) mass is 272 g/mol. The Morgan fingerprint density at radius 3 is 2.53 bits per heavy atom. The van der Waals surface area contributed by atoms with Crippen molar-refractivity contribution in [1.29, 1.82) is 0 Å². The standard InChI is InChI=1S/C15H32N2O2/c1-14(2)12-16-13-15-4-6-17(7-5-15)8-9-19-11-10-18-3/h14-16H,4-13H2,1-3H3. The number of nitrogens with zero attached hydrogens (tertiary/aromatic N) is 1. The first-order valence-corrected chi connectivity index (χ1v) is 7.72. The van der Waals surface area contributed by atoms with E-state index in [1.54, 1.807) is 7.11 Å². The maximum atomic E-state index is 5.52. The Balaban J connectivity index is 1.96. The number of nitrogens with one attached hydrogen (secondary N) is 1. The molecule has 0 atom stereocenters. The van der Waals surface area contributed by atoms with Crippen molar-refractivity contribution in [2.75, 3.05) is 59.7 Å². The van der Waals surface area contributed by atoms with Crippen LogP contribution in [0, 0.1) is 11.8 Å². The second kappa shape index (κ2) is 10.6. The summed E-state index contributed by atoms with van der Waals surface area (Å²) in [5.74, 6) is 1.62. The van der Waals surface area contributed by atoms with Crippen LogP contribution in [0.1, 0.15) is 26.7 Å². The fraction of sp³-hybridized carbons (Fsp3) is 1.00. The van der Waals surface area contributed by atoms with Crippen molar-refractivity contribution in [2.24, 2.45) is 11.8 Å². The Hall–Kier alpha value is -0.160. The lowest BCUT2D eigenvalue weighted by atomic mass is 9.96. The van der Waals surface area contributed by atoms with Gasteiger partial charge in [0, 0.05) is 13.7 Å². The average molecular weight is 272 g/mol. The summed E-state index contributed by atoms with van der Waals surface area (Å²) >= 11 is 0. The summed E-state index contributed by atoms with van der Waals surface area (Å²) in [4.78, 5) is 2.52. The van der Waals surface area contributed by atoms with Crippen molar-refractivity contribution in [2.45, 2.75) is 26.7 Å². The number of ether oxygens (including phenoxy) is 2. The van der Waals surface area contributed by atoms with Gasteiger partial charge in [-0.05, 0) is 50.9 Å². The molecule has 1 saturated heterocycles. The number of methoxy groups -OCH3 is 1. The van der Waals surface area contributed by atoms with E-state index in [9.17, 15) is 0 Å². The van der Waals surface area contributed by atoms with Crippen molar-refractivity contribution >= 4 is 0 Å². The third-order valence-corrected chi connectivity index (χ3v) is 3.68. The fourth-order valence-electron chi connectivity index (χ4n) is 2.43. The van der Waals surface area contributed by atoms with Gasteiger partial charge in [-0.1, -0.05) is 13.8 Å². The van der Waals surface area contributed by atoms with Gasteiger partial charge in [-0.2, -0.15) is 0 Å². The second-order valence-electron chi connectivity index (χ2n) is 5.94. The van der Waals surface area contributed by atoms with Crippen molar-refractivity contribution in [1.82, 2.24) is 10.2 Å². The van der Waals surface area contributed by atoms with Gasteiger partial charge in [0.2, 0.25) is 0 Å². The van der Waals surface area contributed by atoms with Gasteiger partial charge in [-0.15, -0.1) is 0 Å². The summed E-state index contributed by atoms with van der Waals surface area (Å²) in [5, 5.41) is 3.58. The van der Waals surface area contributed by atoms with Crippen LogP contribution >= 0.6 is 0 Å². The molecule has 0 aliphatic carbocycles. The first-order chi connectivity index (χ1) is 9.22. The van der Waals surface area contributed by atoms with Gasteiger partial charge < -0.3 is 19.7 Å². The molecule has 4 nitrogen and oxygen atoms in total. The molecule has 1 aliphatic rings. The molecule has 0 aromatic rings. The summed E-state index contributed by atoms with van der Waals surface area (Å²) in [6, 6.07) is 0. The van der Waals surface area contributed by atoms with Crippen LogP contribution in [0.5, 0.6) is 0 Å². The molecule has 1 rings (SSSR count). The molecule has 0 saturated carbocycles. The highest BCUT2D eigenvalue weighted by Crippen LogP contribution is 2.16. The van der Waals surface area contributed by atoms with Gasteiger partial charge in [0.25, 0.3) is 0 Å². The van der Waals surface area contributed by atoms with Crippen molar-refractivity contribution in [3.63, 3.8) is 0 Å². The zero-order valence-electron chi connectivity index (χ0n) is 13.0. The molecule has 0 spiro atoms. The van der Waals surface area contributed by atoms with E-state index in [4.69, 9.17) is 9.47 Å². The van der Waals surface area contributed by atoms with E-state index >= 15 is 0 Å². The highest BCUT2D eigenvalue weighted by Gasteiger charge is 2.18. The van der Waals surface area contributed by atoms with Gasteiger partial charge in [0.15, 0.2) is 0 Å². The van der Waals surface area contributed by atoms with E-state index in [1.165, 1.54) is 32.5 Å². The molecular formula is C15H32N2O2. The van der Waals surface area contributed by atoms with E-state index in [1.807, 2.05) is 0 Å². The number of piperidine rings is 1. The molecule has 4 heteroatoms. The second-order valence-corrected chi connectivity index (χ2v) is 5.94. The van der Waals surface area contributed by atoms with Crippen LogP contribution in [-0.4, -0.2) is 64.6 Å². The van der Waals surface area contributed by atoms with E-state index in [0.29, 0.717) is 13.2 Å². The van der Waals surface area contributed by atoms with E-state index < -0.39 is 0 Å². The molecule has 0 aromatic carbocycles. The normalized spacial score (nSPS) is 18.3. The maximum Gasteiger partial charge on any atom is 0.0700 e. The van der Waals surface area contributed by atoms with E-state index in [-0.39, 0.29) is 0 Å². The van der Waals surface area contributed by atoms with Gasteiger partial charge >= 0.3 is 0 Å². The first-order valence-electron chi connectivity index (χ1n) is 7.72. The first kappa shape index (κ1) is 16.9. The smallest absolute Gasteiger partial charge is 0.0700 e. The number of hydrogen-bond donors (Lipinski definition) is 1. The summed E-state index contributed by atoms with van der Waals surface area (Å²) in [6.45, 7) is 12.6. The highest BCUT2D eigenvalue weighted by atomic mass is 16.5. The Morgan fingerprint density at radius 1 is 1.16 bits per heavy atom. The minimum Gasteiger partial charge on any atom is -0.382 e. The van der Waals surface area contributed by atoms with Crippen LogP contribution in [0.15, 0.2) is 0 Å². The molecule has 0 amide bonds. The fourth-order valence-corrected chi connectivity index (χ4v) is 2.43. The van der Waals surface area contributed by atoms with Gasteiger partial charge in [0.1, 0.15) is 0 Å². The number of likely N-dealkylation sites (tertiary alicyclic amines) is 1. The molecular weight excluding hydrogens is 240 g/mol. The predicted molar refractivity (Wildman–Crippen MR) is 79.6 cm³/mol. The lowest BCUT2D eigenvalue weighted by Gasteiger charge is -2.32. The summed E-state index contributed by atoms with van der Waals surface area (Å²) in [7, 11) is 1.71. The minimum atomic E-state index is 0.698. The summed E-state index contributed by atoms with van der Waals surface area (Å²) in [6.07, 6.45) is 2.65. The lowest BCUT2D eigenvalue weighted by molar-refractivity contribution is 0.0510. The zero-order valence-corrected chi connectivity index (χ0v) is 13.0. The molecule has 0 radical (unpaired) electrons. The molecule has 1 fully saturated rings. The van der Waals surface area contributed by atoms with Gasteiger partial charge in [0.05, 0.1) is 19.8 Å². The molecule has 0 unspecified atom stereocenters. The van der Waals surface area contributed by atoms with Crippen LogP contribution in [0.25, 0.3) is 0 Å². The highest BCUT2D eigenvalue weighted by molar-refractivity contribution is 4.73. The SMILES string of the molecule is COCCOCCN1CCC(CNCC(C)C)CC1. The summed E-state index contributed by atoms with van der Waals surface area (Å²) < 4.78 is 10.5. The van der Waals surface area contributed by atoms with Crippen LogP contribution in [-0.2, 0) is 9.47 Å². The third kappa shape index (κ3) is 8.58. The van der Waals surface area contributed by atoms with Gasteiger partial charge in [-0.25, -0.2) is 0 Å². The maximum absolute atomic E-state index is 5.52. The Morgan fingerprint density at radius 2 is 1.89 bits per heavy atom. The average Bonchev–Trinajstić information content (AvgIpc) is 2.40. The zero-order chi connectivity index (χ0) is 13.9. The Labute approximate surface area is 118 Å². The lowest BCUT2D eigenvalue weighted by Crippen LogP contribution is -2.39. The molecule has 0 aromatic heterocycles. The molecule has 1 N–H and O–H groups in total. The topological polar surface area (TPSA) is 33.7 Å². The van der Waals surface area contributed by atoms with E-state index in [0.717, 1.165) is 31.5 Å². The van der Waals surface area contributed by atoms with Crippen molar-refractivity contribution in [3.05, 3.63) is 0 Å². The largest absolute Gasteiger partial charge is 0.382 e. The van der Waals surface area contributed by atoms with Crippen LogP contribution in [0.2, 0.25) is 0 Å². The molecule has 1 aliphatic heterocycles. The summed E-state index contributed by atoms with van der Waals surface area (Å²) in [5.41, 5.74) is 0. The number of hydrogen-bond acceptors (Lipinski definition) is 4. The number of rotatable bonds is 10. The van der Waals surface area contributed by atoms with Crippen LogP contribution in [0.4, 0.5) is 0 Å². The van der Waals surface area contributed by atoms with Crippen molar-refractivity contribution < 1.29 is 9.47 Å². The Kier molecular flexibility index (Phi) is 9.43. The third-order valence-electron chi connectivity index (χ3n) is 3.68. The molecule has 1 heterocycles. The van der Waals surface area contributed by atoms with Crippen LogP contribution < -0.4 is 5.32 Å². The van der Waals surface area contributed by atoms with Crippen molar-refractivity contribution in [3.8, 4) is 0 Å². The quantitative estimate of drug-likeness (QED) is 0.613. The Bertz CT molecular complexity index is 204. The van der Waals surface area contributed by atoms with E-state index in [2.05, 4.69) is 24.1 Å². The molecule has 0 bridgehead atoms. The predicted octanol–water partition coefficient (Wildman–Crippen LogP) is 1.61. The van der Waals surface area contributed by atoms with Gasteiger partial charge in [-0.3, -0.25) is 0 Å². The minimum absolute atomic E-state index is 0.698. The van der Waals surface area contributed by atoms with Crippen LogP contribution in [0.3, 0.4) is 0 Å². The molecule has 19 heavy (non-hydrogen) atoms. The molecule has 114 valence electrons.